The molecule has 6 heteroatoms. The van der Waals surface area contributed by atoms with Crippen molar-refractivity contribution in [3.8, 4) is 0 Å². The van der Waals surface area contributed by atoms with E-state index in [1.54, 1.807) is 6.33 Å². The molecule has 2 aromatic rings. The van der Waals surface area contributed by atoms with Gasteiger partial charge < -0.3 is 10.2 Å². The first kappa shape index (κ1) is 16.9. The van der Waals surface area contributed by atoms with E-state index in [4.69, 9.17) is 0 Å². The van der Waals surface area contributed by atoms with Crippen LogP contribution in [0.4, 0.5) is 5.82 Å². The molecule has 126 valence electrons. The predicted molar refractivity (Wildman–Crippen MR) is 97.8 cm³/mol. The van der Waals surface area contributed by atoms with E-state index < -0.39 is 0 Å². The number of amides is 1. The van der Waals surface area contributed by atoms with Gasteiger partial charge in [-0.3, -0.25) is 4.79 Å². The summed E-state index contributed by atoms with van der Waals surface area (Å²) in [6.45, 7) is 3.52. The minimum atomic E-state index is 0.193. The van der Waals surface area contributed by atoms with E-state index in [1.807, 2.05) is 42.2 Å². The second-order valence-corrected chi connectivity index (χ2v) is 6.97. The largest absolute Gasteiger partial charge is 0.367 e. The predicted octanol–water partition coefficient (Wildman–Crippen LogP) is 3.19. The summed E-state index contributed by atoms with van der Waals surface area (Å²) in [7, 11) is 0. The summed E-state index contributed by atoms with van der Waals surface area (Å²) in [6, 6.07) is 10.2. The second-order valence-electron chi connectivity index (χ2n) is 6.11. The van der Waals surface area contributed by atoms with E-state index in [0.29, 0.717) is 12.5 Å². The van der Waals surface area contributed by atoms with Crippen molar-refractivity contribution in [2.45, 2.75) is 32.2 Å². The van der Waals surface area contributed by atoms with Crippen LogP contribution >= 0.6 is 15.9 Å². The number of nitrogens with zero attached hydrogens (tertiary/aromatic N) is 3. The Balaban J connectivity index is 1.51. The Hall–Kier alpha value is -1.95. The number of hydrogen-bond donors (Lipinski definition) is 1. The van der Waals surface area contributed by atoms with Gasteiger partial charge in [-0.1, -0.05) is 34.1 Å². The Morgan fingerprint density at radius 1 is 1.29 bits per heavy atom. The van der Waals surface area contributed by atoms with E-state index in [2.05, 4.69) is 31.2 Å². The number of benzene rings is 1. The van der Waals surface area contributed by atoms with Crippen molar-refractivity contribution in [1.82, 2.24) is 14.9 Å². The minimum Gasteiger partial charge on any atom is -0.367 e. The summed E-state index contributed by atoms with van der Waals surface area (Å²) < 4.78 is 0.994. The van der Waals surface area contributed by atoms with Gasteiger partial charge in [0.2, 0.25) is 5.91 Å². The van der Waals surface area contributed by atoms with Crippen LogP contribution in [0.15, 0.2) is 41.1 Å². The smallest absolute Gasteiger partial charge is 0.227 e. The van der Waals surface area contributed by atoms with Crippen molar-refractivity contribution in [2.24, 2.45) is 0 Å². The number of likely N-dealkylation sites (tertiary alicyclic amines) is 1. The lowest BCUT2D eigenvalue weighted by Crippen LogP contribution is -2.43. The van der Waals surface area contributed by atoms with Gasteiger partial charge >= 0.3 is 0 Å². The van der Waals surface area contributed by atoms with Crippen LogP contribution in [0.3, 0.4) is 0 Å². The van der Waals surface area contributed by atoms with Gasteiger partial charge in [0.25, 0.3) is 0 Å². The van der Waals surface area contributed by atoms with E-state index in [0.717, 1.165) is 47.5 Å². The summed E-state index contributed by atoms with van der Waals surface area (Å²) in [5, 5.41) is 3.44. The second kappa shape index (κ2) is 7.75. The first-order chi connectivity index (χ1) is 11.6. The molecule has 1 aromatic carbocycles. The molecule has 1 amide bonds. The van der Waals surface area contributed by atoms with Crippen LogP contribution in [0.2, 0.25) is 0 Å². The van der Waals surface area contributed by atoms with E-state index >= 15 is 0 Å². The summed E-state index contributed by atoms with van der Waals surface area (Å²) >= 11 is 3.51. The summed E-state index contributed by atoms with van der Waals surface area (Å²) in [5.41, 5.74) is 1.99. The van der Waals surface area contributed by atoms with Gasteiger partial charge in [-0.05, 0) is 31.4 Å². The molecule has 1 saturated heterocycles. The standard InChI is InChI=1S/C18H21BrN4O/c1-13-10-17(21-12-20-13)22-15-6-8-23(9-7-15)18(24)11-14-4-2-3-5-16(14)19/h2-5,10,12,15H,6-9,11H2,1H3,(H,20,21,22). The van der Waals surface area contributed by atoms with Crippen molar-refractivity contribution in [3.63, 3.8) is 0 Å². The van der Waals surface area contributed by atoms with Gasteiger partial charge in [0.15, 0.2) is 0 Å². The van der Waals surface area contributed by atoms with Crippen molar-refractivity contribution in [3.05, 3.63) is 52.4 Å². The molecule has 0 saturated carbocycles. The summed E-state index contributed by atoms with van der Waals surface area (Å²) in [5.74, 6) is 1.05. The fraction of sp³-hybridized carbons (Fsp3) is 0.389. The number of aryl methyl sites for hydroxylation is 1. The highest BCUT2D eigenvalue weighted by Gasteiger charge is 2.23. The number of halogens is 1. The van der Waals surface area contributed by atoms with Gasteiger partial charge in [-0.2, -0.15) is 0 Å². The van der Waals surface area contributed by atoms with Crippen molar-refractivity contribution < 1.29 is 4.79 Å². The molecule has 0 unspecified atom stereocenters. The lowest BCUT2D eigenvalue weighted by atomic mass is 10.0. The summed E-state index contributed by atoms with van der Waals surface area (Å²) in [6.07, 6.45) is 3.90. The zero-order chi connectivity index (χ0) is 16.9. The third-order valence-electron chi connectivity index (χ3n) is 4.30. The molecule has 24 heavy (non-hydrogen) atoms. The van der Waals surface area contributed by atoms with E-state index in [-0.39, 0.29) is 5.91 Å². The van der Waals surface area contributed by atoms with E-state index in [9.17, 15) is 4.79 Å². The van der Waals surface area contributed by atoms with Crippen LogP contribution in [-0.4, -0.2) is 39.9 Å². The zero-order valence-corrected chi connectivity index (χ0v) is 15.3. The molecule has 0 aliphatic carbocycles. The normalized spacial score (nSPS) is 15.3. The molecule has 0 radical (unpaired) electrons. The molecule has 3 rings (SSSR count). The Bertz CT molecular complexity index is 714. The van der Waals surface area contributed by atoms with Crippen LogP contribution in [0.25, 0.3) is 0 Å². The Kier molecular flexibility index (Phi) is 5.45. The number of carbonyl (C=O) groups is 1. The fourth-order valence-electron chi connectivity index (χ4n) is 2.93. The topological polar surface area (TPSA) is 58.1 Å². The third-order valence-corrected chi connectivity index (χ3v) is 5.08. The molecule has 0 bridgehead atoms. The molecule has 5 nitrogen and oxygen atoms in total. The lowest BCUT2D eigenvalue weighted by molar-refractivity contribution is -0.131. The summed E-state index contributed by atoms with van der Waals surface area (Å²) in [4.78, 5) is 22.8. The maximum atomic E-state index is 12.5. The van der Waals surface area contributed by atoms with Gasteiger partial charge in [0.05, 0.1) is 6.42 Å². The molecule has 0 atom stereocenters. The molecule has 0 spiro atoms. The maximum Gasteiger partial charge on any atom is 0.227 e. The maximum absolute atomic E-state index is 12.5. The minimum absolute atomic E-state index is 0.193. The molecule has 1 aliphatic heterocycles. The number of carbonyl (C=O) groups excluding carboxylic acids is 1. The molecule has 2 heterocycles. The number of anilines is 1. The Labute approximate surface area is 150 Å². The van der Waals surface area contributed by atoms with Crippen molar-refractivity contribution >= 4 is 27.7 Å². The van der Waals surface area contributed by atoms with Gasteiger partial charge in [-0.15, -0.1) is 0 Å². The monoisotopic (exact) mass is 388 g/mol. The quantitative estimate of drug-likeness (QED) is 0.873. The average molecular weight is 389 g/mol. The molecule has 1 N–H and O–H groups in total. The molecule has 1 aliphatic rings. The van der Waals surface area contributed by atoms with Crippen molar-refractivity contribution in [2.75, 3.05) is 18.4 Å². The highest BCUT2D eigenvalue weighted by Crippen LogP contribution is 2.19. The van der Waals surface area contributed by atoms with Gasteiger partial charge in [0.1, 0.15) is 12.1 Å². The van der Waals surface area contributed by atoms with Crippen LogP contribution in [0.5, 0.6) is 0 Å². The first-order valence-electron chi connectivity index (χ1n) is 8.18. The van der Waals surface area contributed by atoms with Crippen LogP contribution in [0.1, 0.15) is 24.1 Å². The molecular weight excluding hydrogens is 368 g/mol. The molecule has 1 fully saturated rings. The number of hydrogen-bond acceptors (Lipinski definition) is 4. The number of aromatic nitrogens is 2. The lowest BCUT2D eigenvalue weighted by Gasteiger charge is -2.32. The average Bonchev–Trinajstić information content (AvgIpc) is 2.57. The third kappa shape index (κ3) is 4.32. The highest BCUT2D eigenvalue weighted by atomic mass is 79.9. The number of nitrogens with one attached hydrogen (secondary N) is 1. The SMILES string of the molecule is Cc1cc(NC2CCN(C(=O)Cc3ccccc3Br)CC2)ncn1. The highest BCUT2D eigenvalue weighted by molar-refractivity contribution is 9.10. The van der Waals surface area contributed by atoms with Crippen LogP contribution in [0, 0.1) is 6.92 Å². The first-order valence-corrected chi connectivity index (χ1v) is 8.97. The Morgan fingerprint density at radius 2 is 2.04 bits per heavy atom. The fourth-order valence-corrected chi connectivity index (χ4v) is 3.36. The van der Waals surface area contributed by atoms with Crippen LogP contribution < -0.4 is 5.32 Å². The Morgan fingerprint density at radius 3 is 2.75 bits per heavy atom. The number of rotatable bonds is 4. The zero-order valence-electron chi connectivity index (χ0n) is 13.7. The number of piperidine rings is 1. The van der Waals surface area contributed by atoms with Gasteiger partial charge in [-0.25, -0.2) is 9.97 Å². The van der Waals surface area contributed by atoms with Crippen LogP contribution in [-0.2, 0) is 11.2 Å². The molecular formula is C18H21BrN4O. The van der Waals surface area contributed by atoms with Gasteiger partial charge in [0, 0.05) is 35.4 Å². The van der Waals surface area contributed by atoms with Crippen molar-refractivity contribution in [1.29, 1.82) is 0 Å². The van der Waals surface area contributed by atoms with E-state index in [1.165, 1.54) is 0 Å². The molecule has 1 aromatic heterocycles.